The molecule has 0 fully saturated rings. The van der Waals surface area contributed by atoms with Crippen LogP contribution in [-0.2, 0) is 11.2 Å². The van der Waals surface area contributed by atoms with E-state index in [2.05, 4.69) is 10.3 Å². The van der Waals surface area contributed by atoms with Crippen LogP contribution in [0.2, 0.25) is 0 Å². The molecule has 0 unspecified atom stereocenters. The molecule has 0 saturated carbocycles. The summed E-state index contributed by atoms with van der Waals surface area (Å²) in [7, 11) is 0. The lowest BCUT2D eigenvalue weighted by molar-refractivity contribution is -0.132. The number of carboxylic acid groups (broad SMARTS) is 1. The second-order valence-corrected chi connectivity index (χ2v) is 5.32. The second kappa shape index (κ2) is 8.60. The number of anilines is 1. The Bertz CT molecular complexity index is 788. The number of nitrogens with zero attached hydrogens (tertiary/aromatic N) is 1. The van der Waals surface area contributed by atoms with Gasteiger partial charge in [0, 0.05) is 24.7 Å². The van der Waals surface area contributed by atoms with Crippen molar-refractivity contribution in [3.8, 4) is 0 Å². The number of aromatic nitrogens is 1. The summed E-state index contributed by atoms with van der Waals surface area (Å²) in [6.45, 7) is -0.106. The number of amides is 1. The van der Waals surface area contributed by atoms with E-state index in [0.717, 1.165) is 5.56 Å². The molecule has 130 valence electrons. The molecule has 2 aromatic rings. The summed E-state index contributed by atoms with van der Waals surface area (Å²) in [5.74, 6) is -1.49. The monoisotopic (exact) mass is 341 g/mol. The van der Waals surface area contributed by atoms with Gasteiger partial charge < -0.3 is 21.3 Å². The standard InChI is InChI=1S/C18H19N3O4/c19-16-15(17(23)20-6-7-22)10-13(11-21-16)9-14(18(24)25)8-12-4-2-1-3-5-12/h1-5,9-11,22H,6-8H2,(H2,19,21)(H,20,23)(H,24,25). The normalized spacial score (nSPS) is 11.2. The number of nitrogens with one attached hydrogen (secondary N) is 1. The van der Waals surface area contributed by atoms with Gasteiger partial charge in [0.25, 0.3) is 5.91 Å². The summed E-state index contributed by atoms with van der Waals surface area (Å²) in [4.78, 5) is 27.5. The highest BCUT2D eigenvalue weighted by atomic mass is 16.4. The van der Waals surface area contributed by atoms with Gasteiger partial charge in [-0.1, -0.05) is 30.3 Å². The Morgan fingerprint density at radius 1 is 1.24 bits per heavy atom. The summed E-state index contributed by atoms with van der Waals surface area (Å²) in [6.07, 6.45) is 3.11. The first-order valence-electron chi connectivity index (χ1n) is 7.63. The zero-order chi connectivity index (χ0) is 18.2. The Balaban J connectivity index is 2.30. The molecular weight excluding hydrogens is 322 g/mol. The summed E-state index contributed by atoms with van der Waals surface area (Å²) < 4.78 is 0. The number of aliphatic carboxylic acids is 1. The number of nitrogens with two attached hydrogens (primary N) is 1. The molecule has 0 radical (unpaired) electrons. The van der Waals surface area contributed by atoms with E-state index in [1.165, 1.54) is 18.3 Å². The quantitative estimate of drug-likeness (QED) is 0.559. The number of aliphatic hydroxyl groups is 1. The van der Waals surface area contributed by atoms with E-state index in [1.807, 2.05) is 30.3 Å². The summed E-state index contributed by atoms with van der Waals surface area (Å²) in [6, 6.07) is 10.7. The molecule has 1 aromatic heterocycles. The van der Waals surface area contributed by atoms with Crippen molar-refractivity contribution in [3.05, 3.63) is 64.9 Å². The van der Waals surface area contributed by atoms with E-state index in [1.54, 1.807) is 0 Å². The Kier molecular flexibility index (Phi) is 6.25. The first-order valence-corrected chi connectivity index (χ1v) is 7.63. The SMILES string of the molecule is Nc1ncc(C=C(Cc2ccccc2)C(=O)O)cc1C(=O)NCCO. The van der Waals surface area contributed by atoms with Crippen LogP contribution < -0.4 is 11.1 Å². The van der Waals surface area contributed by atoms with Crippen molar-refractivity contribution in [1.29, 1.82) is 0 Å². The van der Waals surface area contributed by atoms with Gasteiger partial charge in [-0.2, -0.15) is 0 Å². The highest BCUT2D eigenvalue weighted by Gasteiger charge is 2.13. The first kappa shape index (κ1) is 18.2. The van der Waals surface area contributed by atoms with Crippen molar-refractivity contribution in [2.45, 2.75) is 6.42 Å². The lowest BCUT2D eigenvalue weighted by atomic mass is 10.0. The van der Waals surface area contributed by atoms with Crippen molar-refractivity contribution < 1.29 is 19.8 Å². The summed E-state index contributed by atoms with van der Waals surface area (Å²) >= 11 is 0. The average molecular weight is 341 g/mol. The number of carbonyl (C=O) groups is 2. The van der Waals surface area contributed by atoms with Crippen LogP contribution in [0.3, 0.4) is 0 Å². The van der Waals surface area contributed by atoms with Crippen molar-refractivity contribution in [1.82, 2.24) is 10.3 Å². The molecule has 2 rings (SSSR count). The molecule has 0 aliphatic carbocycles. The van der Waals surface area contributed by atoms with E-state index in [9.17, 15) is 14.7 Å². The Hall–Kier alpha value is -3.19. The summed E-state index contributed by atoms with van der Waals surface area (Å²) in [5.41, 5.74) is 7.32. The van der Waals surface area contributed by atoms with Crippen molar-refractivity contribution in [3.63, 3.8) is 0 Å². The third kappa shape index (κ3) is 5.15. The largest absolute Gasteiger partial charge is 0.478 e. The van der Waals surface area contributed by atoms with Crippen LogP contribution in [0.4, 0.5) is 5.82 Å². The van der Waals surface area contributed by atoms with Gasteiger partial charge in [-0.05, 0) is 23.3 Å². The second-order valence-electron chi connectivity index (χ2n) is 5.32. The number of aliphatic hydroxyl groups excluding tert-OH is 1. The van der Waals surface area contributed by atoms with Crippen LogP contribution >= 0.6 is 0 Å². The average Bonchev–Trinajstić information content (AvgIpc) is 2.61. The van der Waals surface area contributed by atoms with E-state index in [4.69, 9.17) is 10.8 Å². The highest BCUT2D eigenvalue weighted by Crippen LogP contribution is 2.16. The number of carbonyl (C=O) groups excluding carboxylic acids is 1. The van der Waals surface area contributed by atoms with Gasteiger partial charge in [-0.15, -0.1) is 0 Å². The van der Waals surface area contributed by atoms with E-state index in [-0.39, 0.29) is 36.5 Å². The van der Waals surface area contributed by atoms with Crippen LogP contribution in [0.25, 0.3) is 6.08 Å². The van der Waals surface area contributed by atoms with E-state index >= 15 is 0 Å². The molecular formula is C18H19N3O4. The number of rotatable bonds is 7. The van der Waals surface area contributed by atoms with E-state index in [0.29, 0.717) is 5.56 Å². The Morgan fingerprint density at radius 2 is 1.96 bits per heavy atom. The molecule has 5 N–H and O–H groups in total. The number of pyridine rings is 1. The fourth-order valence-corrected chi connectivity index (χ4v) is 2.22. The Morgan fingerprint density at radius 3 is 2.60 bits per heavy atom. The van der Waals surface area contributed by atoms with Gasteiger partial charge in [-0.3, -0.25) is 4.79 Å². The maximum absolute atomic E-state index is 12.0. The zero-order valence-electron chi connectivity index (χ0n) is 13.5. The molecule has 1 aromatic carbocycles. The third-order valence-corrected chi connectivity index (χ3v) is 3.43. The molecule has 0 aliphatic rings. The lowest BCUT2D eigenvalue weighted by Gasteiger charge is -2.08. The minimum atomic E-state index is -1.05. The molecule has 0 spiro atoms. The van der Waals surface area contributed by atoms with Crippen LogP contribution in [0.15, 0.2) is 48.2 Å². The van der Waals surface area contributed by atoms with Gasteiger partial charge in [0.05, 0.1) is 12.2 Å². The minimum absolute atomic E-state index is 0.0347. The highest BCUT2D eigenvalue weighted by molar-refractivity contribution is 5.99. The topological polar surface area (TPSA) is 126 Å². The number of nitrogen functional groups attached to an aromatic ring is 1. The molecule has 1 heterocycles. The number of hydrogen-bond acceptors (Lipinski definition) is 5. The van der Waals surface area contributed by atoms with Crippen LogP contribution in [0.1, 0.15) is 21.5 Å². The minimum Gasteiger partial charge on any atom is -0.478 e. The molecule has 0 aliphatic heterocycles. The van der Waals surface area contributed by atoms with Crippen molar-refractivity contribution in [2.24, 2.45) is 0 Å². The van der Waals surface area contributed by atoms with Gasteiger partial charge in [0.2, 0.25) is 0 Å². The van der Waals surface area contributed by atoms with Crippen LogP contribution in [0.5, 0.6) is 0 Å². The number of benzene rings is 1. The smallest absolute Gasteiger partial charge is 0.331 e. The van der Waals surface area contributed by atoms with Gasteiger partial charge >= 0.3 is 5.97 Å². The van der Waals surface area contributed by atoms with Crippen molar-refractivity contribution >= 4 is 23.8 Å². The fraction of sp³-hybridized carbons (Fsp3) is 0.167. The van der Waals surface area contributed by atoms with Gasteiger partial charge in [0.1, 0.15) is 5.82 Å². The van der Waals surface area contributed by atoms with Gasteiger partial charge in [0.15, 0.2) is 0 Å². The lowest BCUT2D eigenvalue weighted by Crippen LogP contribution is -2.27. The van der Waals surface area contributed by atoms with Gasteiger partial charge in [-0.25, -0.2) is 9.78 Å². The van der Waals surface area contributed by atoms with Crippen LogP contribution in [0, 0.1) is 0 Å². The predicted molar refractivity (Wildman–Crippen MR) is 93.8 cm³/mol. The number of carboxylic acids is 1. The molecule has 0 bridgehead atoms. The molecule has 0 atom stereocenters. The zero-order valence-corrected chi connectivity index (χ0v) is 13.5. The summed E-state index contributed by atoms with van der Waals surface area (Å²) in [5, 5.41) is 20.7. The van der Waals surface area contributed by atoms with Crippen LogP contribution in [-0.4, -0.2) is 40.2 Å². The first-order chi connectivity index (χ1) is 12.0. The molecule has 7 nitrogen and oxygen atoms in total. The molecule has 1 amide bonds. The van der Waals surface area contributed by atoms with E-state index < -0.39 is 11.9 Å². The van der Waals surface area contributed by atoms with Crippen molar-refractivity contribution in [2.75, 3.05) is 18.9 Å². The molecule has 25 heavy (non-hydrogen) atoms. The molecule has 7 heteroatoms. The maximum atomic E-state index is 12.0. The third-order valence-electron chi connectivity index (χ3n) is 3.43. The fourth-order valence-electron chi connectivity index (χ4n) is 2.22. The maximum Gasteiger partial charge on any atom is 0.331 e. The molecule has 0 saturated heterocycles. The number of hydrogen-bond donors (Lipinski definition) is 4. The predicted octanol–water partition coefficient (Wildman–Crippen LogP) is 1.10. The Labute approximate surface area is 144 Å².